The Kier molecular flexibility index (Phi) is 5.81. The number of thioether (sulfide) groups is 1. The van der Waals surface area contributed by atoms with Crippen LogP contribution < -0.4 is 5.32 Å². The molecular formula is C17H26N4O2S. The Morgan fingerprint density at radius 1 is 1.38 bits per heavy atom. The van der Waals surface area contributed by atoms with E-state index in [0.717, 1.165) is 23.8 Å². The Labute approximate surface area is 147 Å². The van der Waals surface area contributed by atoms with E-state index in [2.05, 4.69) is 10.3 Å². The van der Waals surface area contributed by atoms with Crippen molar-refractivity contribution in [3.05, 3.63) is 12.4 Å². The third-order valence-corrected chi connectivity index (χ3v) is 6.05. The molecule has 0 aromatic carbocycles. The quantitative estimate of drug-likeness (QED) is 0.628. The fourth-order valence-corrected chi connectivity index (χ4v) is 4.39. The topological polar surface area (TPSA) is 67.2 Å². The van der Waals surface area contributed by atoms with Crippen LogP contribution in [-0.2, 0) is 16.6 Å². The molecule has 1 aliphatic heterocycles. The van der Waals surface area contributed by atoms with Crippen LogP contribution in [0.15, 0.2) is 17.6 Å². The standard InChI is InChI=1S/C17H26N4O2S/c1-20-10-8-19-17(20)24-11-9-18-16(23)13-6-7-15(22)21(12-13)14-4-2-3-5-14/h8,10,13-14H,2-7,9,11-12H2,1H3,(H,18,23). The van der Waals surface area contributed by atoms with E-state index in [1.54, 1.807) is 18.0 Å². The lowest BCUT2D eigenvalue weighted by atomic mass is 9.95. The second-order valence-corrected chi connectivity index (χ2v) is 7.74. The molecule has 1 atom stereocenters. The Hall–Kier alpha value is -1.50. The van der Waals surface area contributed by atoms with Crippen LogP contribution in [0.1, 0.15) is 38.5 Å². The number of carbonyl (C=O) groups excluding carboxylic acids is 2. The fraction of sp³-hybridized carbons (Fsp3) is 0.706. The molecule has 3 rings (SSSR count). The number of carbonyl (C=O) groups is 2. The Morgan fingerprint density at radius 3 is 2.88 bits per heavy atom. The van der Waals surface area contributed by atoms with E-state index in [0.29, 0.717) is 32.0 Å². The van der Waals surface area contributed by atoms with Gasteiger partial charge in [0, 0.05) is 50.7 Å². The van der Waals surface area contributed by atoms with E-state index in [4.69, 9.17) is 0 Å². The minimum atomic E-state index is -0.0542. The average Bonchev–Trinajstić information content (AvgIpc) is 3.24. The molecule has 132 valence electrons. The van der Waals surface area contributed by atoms with Crippen molar-refractivity contribution in [1.29, 1.82) is 0 Å². The molecule has 2 aliphatic rings. The second kappa shape index (κ2) is 8.05. The number of nitrogens with one attached hydrogen (secondary N) is 1. The van der Waals surface area contributed by atoms with Crippen molar-refractivity contribution in [2.45, 2.75) is 49.7 Å². The summed E-state index contributed by atoms with van der Waals surface area (Å²) in [4.78, 5) is 30.8. The van der Waals surface area contributed by atoms with Crippen molar-refractivity contribution in [3.8, 4) is 0 Å². The van der Waals surface area contributed by atoms with Gasteiger partial charge in [-0.15, -0.1) is 0 Å². The van der Waals surface area contributed by atoms with Crippen LogP contribution in [0.2, 0.25) is 0 Å². The lowest BCUT2D eigenvalue weighted by Crippen LogP contribution is -2.49. The number of imidazole rings is 1. The van der Waals surface area contributed by atoms with Crippen molar-refractivity contribution in [2.75, 3.05) is 18.8 Å². The van der Waals surface area contributed by atoms with Gasteiger partial charge in [-0.05, 0) is 19.3 Å². The third-order valence-electron chi connectivity index (χ3n) is 4.99. The first-order valence-electron chi connectivity index (χ1n) is 8.82. The second-order valence-electron chi connectivity index (χ2n) is 6.68. The highest BCUT2D eigenvalue weighted by atomic mass is 32.2. The molecule has 0 bridgehead atoms. The number of hydrogen-bond donors (Lipinski definition) is 1. The molecule has 2 amide bonds. The Balaban J connectivity index is 1.42. The normalized spacial score (nSPS) is 22.1. The highest BCUT2D eigenvalue weighted by Crippen LogP contribution is 2.28. The molecular weight excluding hydrogens is 324 g/mol. The molecule has 1 aromatic rings. The van der Waals surface area contributed by atoms with E-state index in [9.17, 15) is 9.59 Å². The van der Waals surface area contributed by atoms with Crippen LogP contribution in [0.4, 0.5) is 0 Å². The van der Waals surface area contributed by atoms with Crippen molar-refractivity contribution in [2.24, 2.45) is 13.0 Å². The maximum Gasteiger partial charge on any atom is 0.224 e. The van der Waals surface area contributed by atoms with Gasteiger partial charge in [0.25, 0.3) is 0 Å². The number of aromatic nitrogens is 2. The van der Waals surface area contributed by atoms with Gasteiger partial charge in [-0.25, -0.2) is 4.98 Å². The van der Waals surface area contributed by atoms with Gasteiger partial charge < -0.3 is 14.8 Å². The molecule has 0 radical (unpaired) electrons. The number of aryl methyl sites for hydroxylation is 1. The van der Waals surface area contributed by atoms with Crippen LogP contribution in [0, 0.1) is 5.92 Å². The molecule has 1 aromatic heterocycles. The van der Waals surface area contributed by atoms with Gasteiger partial charge in [-0.2, -0.15) is 0 Å². The van der Waals surface area contributed by atoms with E-state index in [1.165, 1.54) is 12.8 Å². The highest BCUT2D eigenvalue weighted by Gasteiger charge is 2.34. The summed E-state index contributed by atoms with van der Waals surface area (Å²) in [6.07, 6.45) is 9.48. The molecule has 1 saturated heterocycles. The summed E-state index contributed by atoms with van der Waals surface area (Å²) >= 11 is 1.64. The Bertz CT molecular complexity index is 583. The zero-order valence-corrected chi connectivity index (χ0v) is 15.1. The zero-order valence-electron chi connectivity index (χ0n) is 14.2. The van der Waals surface area contributed by atoms with Gasteiger partial charge in [0.05, 0.1) is 5.92 Å². The smallest absolute Gasteiger partial charge is 0.224 e. The first-order valence-corrected chi connectivity index (χ1v) is 9.81. The highest BCUT2D eigenvalue weighted by molar-refractivity contribution is 7.99. The lowest BCUT2D eigenvalue weighted by molar-refractivity contribution is -0.140. The predicted molar refractivity (Wildman–Crippen MR) is 93.6 cm³/mol. The summed E-state index contributed by atoms with van der Waals surface area (Å²) in [5.74, 6) is 1.07. The molecule has 1 saturated carbocycles. The van der Waals surface area contributed by atoms with Crippen molar-refractivity contribution >= 4 is 23.6 Å². The maximum atomic E-state index is 12.4. The zero-order chi connectivity index (χ0) is 16.9. The number of nitrogens with zero attached hydrogens (tertiary/aromatic N) is 3. The molecule has 1 aliphatic carbocycles. The molecule has 6 nitrogen and oxygen atoms in total. The van der Waals surface area contributed by atoms with Crippen LogP contribution in [0.5, 0.6) is 0 Å². The minimum absolute atomic E-state index is 0.0542. The van der Waals surface area contributed by atoms with Gasteiger partial charge in [0.2, 0.25) is 11.8 Å². The first kappa shape index (κ1) is 17.3. The number of amides is 2. The molecule has 1 N–H and O–H groups in total. The van der Waals surface area contributed by atoms with Crippen molar-refractivity contribution in [3.63, 3.8) is 0 Å². The summed E-state index contributed by atoms with van der Waals surface area (Å²) in [6.45, 7) is 1.23. The van der Waals surface area contributed by atoms with Crippen molar-refractivity contribution in [1.82, 2.24) is 19.8 Å². The minimum Gasteiger partial charge on any atom is -0.355 e. The summed E-state index contributed by atoms with van der Waals surface area (Å²) in [5.41, 5.74) is 0. The fourth-order valence-electron chi connectivity index (χ4n) is 3.61. The molecule has 2 heterocycles. The number of likely N-dealkylation sites (tertiary alicyclic amines) is 1. The van der Waals surface area contributed by atoms with Crippen LogP contribution >= 0.6 is 11.8 Å². The summed E-state index contributed by atoms with van der Waals surface area (Å²) in [7, 11) is 1.96. The maximum absolute atomic E-state index is 12.4. The summed E-state index contributed by atoms with van der Waals surface area (Å²) in [6, 6.07) is 0.368. The third kappa shape index (κ3) is 4.12. The monoisotopic (exact) mass is 350 g/mol. The number of hydrogen-bond acceptors (Lipinski definition) is 4. The van der Waals surface area contributed by atoms with Gasteiger partial charge >= 0.3 is 0 Å². The SMILES string of the molecule is Cn1ccnc1SCCNC(=O)C1CCC(=O)N(C2CCCC2)C1. The van der Waals surface area contributed by atoms with E-state index in [1.807, 2.05) is 22.7 Å². The van der Waals surface area contributed by atoms with Gasteiger partial charge in [-0.3, -0.25) is 9.59 Å². The Morgan fingerprint density at radius 2 is 2.17 bits per heavy atom. The summed E-state index contributed by atoms with van der Waals surface area (Å²) in [5, 5.41) is 3.98. The van der Waals surface area contributed by atoms with E-state index < -0.39 is 0 Å². The molecule has 24 heavy (non-hydrogen) atoms. The lowest BCUT2D eigenvalue weighted by Gasteiger charge is -2.36. The van der Waals surface area contributed by atoms with E-state index in [-0.39, 0.29) is 17.7 Å². The van der Waals surface area contributed by atoms with Crippen LogP contribution in [-0.4, -0.2) is 51.1 Å². The molecule has 7 heteroatoms. The average molecular weight is 350 g/mol. The van der Waals surface area contributed by atoms with Crippen LogP contribution in [0.25, 0.3) is 0 Å². The van der Waals surface area contributed by atoms with Crippen molar-refractivity contribution < 1.29 is 9.59 Å². The van der Waals surface area contributed by atoms with Crippen LogP contribution in [0.3, 0.4) is 0 Å². The first-order chi connectivity index (χ1) is 11.6. The molecule has 2 fully saturated rings. The van der Waals surface area contributed by atoms with Gasteiger partial charge in [-0.1, -0.05) is 24.6 Å². The number of piperidine rings is 1. The number of rotatable bonds is 6. The van der Waals surface area contributed by atoms with Gasteiger partial charge in [0.15, 0.2) is 5.16 Å². The largest absolute Gasteiger partial charge is 0.355 e. The van der Waals surface area contributed by atoms with Gasteiger partial charge in [0.1, 0.15) is 0 Å². The molecule has 1 unspecified atom stereocenters. The predicted octanol–water partition coefficient (Wildman–Crippen LogP) is 1.81. The summed E-state index contributed by atoms with van der Waals surface area (Å²) < 4.78 is 1.97. The molecule has 0 spiro atoms. The van der Waals surface area contributed by atoms with E-state index >= 15 is 0 Å².